The van der Waals surface area contributed by atoms with Crippen LogP contribution in [-0.4, -0.2) is 36.3 Å². The number of amides is 1. The van der Waals surface area contributed by atoms with Gasteiger partial charge in [-0.25, -0.2) is 4.79 Å². The Morgan fingerprint density at radius 2 is 1.91 bits per heavy atom. The van der Waals surface area contributed by atoms with Crippen LogP contribution in [0.1, 0.15) is 33.1 Å². The van der Waals surface area contributed by atoms with Crippen LogP contribution in [0.2, 0.25) is 0 Å². The van der Waals surface area contributed by atoms with Gasteiger partial charge in [0.1, 0.15) is 11.4 Å². The first-order valence-electron chi connectivity index (χ1n) is 7.22. The summed E-state index contributed by atoms with van der Waals surface area (Å²) in [6, 6.07) is 6.53. The Morgan fingerprint density at radius 1 is 1.27 bits per heavy atom. The van der Waals surface area contributed by atoms with Gasteiger partial charge in [-0.3, -0.25) is 4.79 Å². The minimum absolute atomic E-state index is 0.206. The molecule has 2 N–H and O–H groups in total. The van der Waals surface area contributed by atoms with Gasteiger partial charge in [0.05, 0.1) is 0 Å². The van der Waals surface area contributed by atoms with Crippen LogP contribution in [0.4, 0.5) is 5.69 Å². The van der Waals surface area contributed by atoms with Crippen molar-refractivity contribution in [2.24, 2.45) is 0 Å². The zero-order valence-electron chi connectivity index (χ0n) is 13.2. The van der Waals surface area contributed by atoms with Gasteiger partial charge in [-0.1, -0.05) is 19.8 Å². The molecule has 0 spiro atoms. The molecule has 122 valence electrons. The van der Waals surface area contributed by atoms with Crippen LogP contribution in [0, 0.1) is 0 Å². The largest absolute Gasteiger partial charge is 0.482 e. The molecule has 22 heavy (non-hydrogen) atoms. The fraction of sp³-hybridized carbons (Fsp3) is 0.500. The molecule has 6 nitrogen and oxygen atoms in total. The Balaban J connectivity index is 2.65. The van der Waals surface area contributed by atoms with Gasteiger partial charge < -0.3 is 19.9 Å². The number of aliphatic carboxylic acids is 1. The molecule has 0 saturated carbocycles. The highest BCUT2D eigenvalue weighted by Crippen LogP contribution is 2.22. The summed E-state index contributed by atoms with van der Waals surface area (Å²) in [6.45, 7) is 3.43. The Kier molecular flexibility index (Phi) is 6.85. The molecule has 0 aliphatic heterocycles. The number of carboxylic acid groups (broad SMARTS) is 1. The lowest BCUT2D eigenvalue weighted by Crippen LogP contribution is -2.41. The Labute approximate surface area is 130 Å². The number of carboxylic acids is 1. The van der Waals surface area contributed by atoms with Crippen molar-refractivity contribution in [1.82, 2.24) is 0 Å². The van der Waals surface area contributed by atoms with E-state index in [-0.39, 0.29) is 5.91 Å². The van der Waals surface area contributed by atoms with Crippen LogP contribution in [-0.2, 0) is 14.3 Å². The van der Waals surface area contributed by atoms with Crippen molar-refractivity contribution in [2.45, 2.75) is 38.7 Å². The zero-order valence-corrected chi connectivity index (χ0v) is 13.2. The highest BCUT2D eigenvalue weighted by molar-refractivity contribution is 5.97. The monoisotopic (exact) mass is 309 g/mol. The van der Waals surface area contributed by atoms with Gasteiger partial charge in [0.2, 0.25) is 0 Å². The molecular formula is C16H23NO5. The standard InChI is InChI=1S/C16H23NO5/c1-4-5-10-16(2,21-3)15(20)17-12-6-8-13(9-7-12)22-11-14(18)19/h6-9H,4-5,10-11H2,1-3H3,(H,17,20)(H,18,19)/t16-/m1/s1. The Morgan fingerprint density at radius 3 is 2.41 bits per heavy atom. The molecule has 0 fully saturated rings. The second kappa shape index (κ2) is 8.38. The Hall–Kier alpha value is -2.08. The van der Waals surface area contributed by atoms with E-state index in [4.69, 9.17) is 14.6 Å². The summed E-state index contributed by atoms with van der Waals surface area (Å²) in [5.41, 5.74) is -0.262. The fourth-order valence-electron chi connectivity index (χ4n) is 1.87. The first-order chi connectivity index (χ1) is 10.4. The number of nitrogens with one attached hydrogen (secondary N) is 1. The first kappa shape index (κ1) is 18.0. The van der Waals surface area contributed by atoms with E-state index in [1.54, 1.807) is 31.2 Å². The molecule has 1 rings (SSSR count). The molecule has 0 aromatic heterocycles. The van der Waals surface area contributed by atoms with E-state index >= 15 is 0 Å². The lowest BCUT2D eigenvalue weighted by Gasteiger charge is -2.26. The first-order valence-corrected chi connectivity index (χ1v) is 7.22. The van der Waals surface area contributed by atoms with E-state index in [0.29, 0.717) is 17.9 Å². The van der Waals surface area contributed by atoms with Crippen LogP contribution in [0.5, 0.6) is 5.75 Å². The third-order valence-electron chi connectivity index (χ3n) is 3.41. The van der Waals surface area contributed by atoms with Crippen molar-refractivity contribution in [3.63, 3.8) is 0 Å². The molecule has 1 aromatic rings. The highest BCUT2D eigenvalue weighted by atomic mass is 16.5. The summed E-state index contributed by atoms with van der Waals surface area (Å²) in [4.78, 5) is 22.7. The quantitative estimate of drug-likeness (QED) is 0.732. The summed E-state index contributed by atoms with van der Waals surface area (Å²) >= 11 is 0. The van der Waals surface area contributed by atoms with Crippen molar-refractivity contribution in [2.75, 3.05) is 19.0 Å². The van der Waals surface area contributed by atoms with Crippen LogP contribution < -0.4 is 10.1 Å². The number of carbonyl (C=O) groups is 2. The van der Waals surface area contributed by atoms with Gasteiger partial charge in [0.25, 0.3) is 5.91 Å². The molecule has 0 aliphatic carbocycles. The number of rotatable bonds is 9. The van der Waals surface area contributed by atoms with Gasteiger partial charge in [0.15, 0.2) is 6.61 Å². The molecule has 1 amide bonds. The number of methoxy groups -OCH3 is 1. The number of benzene rings is 1. The molecule has 0 saturated heterocycles. The van der Waals surface area contributed by atoms with E-state index in [9.17, 15) is 9.59 Å². The molecule has 0 bridgehead atoms. The molecule has 1 atom stereocenters. The smallest absolute Gasteiger partial charge is 0.341 e. The molecule has 1 aromatic carbocycles. The number of ether oxygens (including phenoxy) is 2. The van der Waals surface area contributed by atoms with E-state index in [1.165, 1.54) is 7.11 Å². The van der Waals surface area contributed by atoms with Gasteiger partial charge in [-0.2, -0.15) is 0 Å². The SMILES string of the molecule is CCCC[C@@](C)(OC)C(=O)Nc1ccc(OCC(=O)O)cc1. The molecule has 0 aliphatic rings. The number of anilines is 1. The summed E-state index contributed by atoms with van der Waals surface area (Å²) < 4.78 is 10.4. The normalized spacial score (nSPS) is 13.2. The van der Waals surface area contributed by atoms with Crippen molar-refractivity contribution < 1.29 is 24.2 Å². The van der Waals surface area contributed by atoms with E-state index in [1.807, 2.05) is 0 Å². The van der Waals surface area contributed by atoms with Gasteiger partial charge in [0, 0.05) is 12.8 Å². The third kappa shape index (κ3) is 5.37. The lowest BCUT2D eigenvalue weighted by molar-refractivity contribution is -0.139. The third-order valence-corrected chi connectivity index (χ3v) is 3.41. The molecule has 0 heterocycles. The van der Waals surface area contributed by atoms with Gasteiger partial charge >= 0.3 is 5.97 Å². The van der Waals surface area contributed by atoms with Crippen LogP contribution in [0.15, 0.2) is 24.3 Å². The summed E-state index contributed by atoms with van der Waals surface area (Å²) in [7, 11) is 1.53. The second-order valence-corrected chi connectivity index (χ2v) is 5.20. The minimum atomic E-state index is -1.04. The number of hydrogen-bond acceptors (Lipinski definition) is 4. The van der Waals surface area contributed by atoms with E-state index in [0.717, 1.165) is 12.8 Å². The number of carbonyl (C=O) groups excluding carboxylic acids is 1. The van der Waals surface area contributed by atoms with Crippen LogP contribution >= 0.6 is 0 Å². The lowest BCUT2D eigenvalue weighted by atomic mass is 9.97. The topological polar surface area (TPSA) is 84.9 Å². The predicted octanol–water partition coefficient (Wildman–Crippen LogP) is 2.68. The number of hydrogen-bond donors (Lipinski definition) is 2. The molecule has 0 radical (unpaired) electrons. The maximum Gasteiger partial charge on any atom is 0.341 e. The van der Waals surface area contributed by atoms with Crippen LogP contribution in [0.3, 0.4) is 0 Å². The van der Waals surface area contributed by atoms with Gasteiger partial charge in [-0.05, 0) is 37.6 Å². The Bertz CT molecular complexity index is 500. The fourth-order valence-corrected chi connectivity index (χ4v) is 1.87. The summed E-state index contributed by atoms with van der Waals surface area (Å²) in [5.74, 6) is -0.812. The van der Waals surface area contributed by atoms with Crippen molar-refractivity contribution in [1.29, 1.82) is 0 Å². The maximum absolute atomic E-state index is 12.3. The van der Waals surface area contributed by atoms with Crippen LogP contribution in [0.25, 0.3) is 0 Å². The summed E-state index contributed by atoms with van der Waals surface area (Å²) in [6.07, 6.45) is 2.53. The van der Waals surface area contributed by atoms with E-state index < -0.39 is 18.2 Å². The highest BCUT2D eigenvalue weighted by Gasteiger charge is 2.32. The predicted molar refractivity (Wildman–Crippen MR) is 83.1 cm³/mol. The average molecular weight is 309 g/mol. The van der Waals surface area contributed by atoms with Crippen molar-refractivity contribution >= 4 is 17.6 Å². The average Bonchev–Trinajstić information content (AvgIpc) is 2.51. The number of unbranched alkanes of at least 4 members (excludes halogenated alkanes) is 1. The molecule has 0 unspecified atom stereocenters. The molecular weight excluding hydrogens is 286 g/mol. The van der Waals surface area contributed by atoms with Crippen molar-refractivity contribution in [3.8, 4) is 5.75 Å². The summed E-state index contributed by atoms with van der Waals surface area (Å²) in [5, 5.41) is 11.3. The van der Waals surface area contributed by atoms with Crippen molar-refractivity contribution in [3.05, 3.63) is 24.3 Å². The van der Waals surface area contributed by atoms with Gasteiger partial charge in [-0.15, -0.1) is 0 Å². The second-order valence-electron chi connectivity index (χ2n) is 5.20. The zero-order chi connectivity index (χ0) is 16.6. The molecule has 6 heteroatoms. The van der Waals surface area contributed by atoms with E-state index in [2.05, 4.69) is 12.2 Å². The maximum atomic E-state index is 12.3. The minimum Gasteiger partial charge on any atom is -0.482 e.